The Morgan fingerprint density at radius 2 is 2.14 bits per heavy atom. The lowest BCUT2D eigenvalue weighted by Crippen LogP contribution is -2.35. The van der Waals surface area contributed by atoms with E-state index in [0.29, 0.717) is 4.57 Å². The van der Waals surface area contributed by atoms with Crippen LogP contribution in [0.1, 0.15) is 6.23 Å². The first-order valence-electron chi connectivity index (χ1n) is 5.68. The number of hydrogen-bond acceptors (Lipinski definition) is 6. The number of aliphatic hydroxyl groups excluding tert-OH is 1. The lowest BCUT2D eigenvalue weighted by molar-refractivity contribution is -0.0483. The molecular formula is C9H12FN2O8P. The van der Waals surface area contributed by atoms with Crippen molar-refractivity contribution in [3.05, 3.63) is 33.1 Å². The molecule has 2 heterocycles. The van der Waals surface area contributed by atoms with Crippen molar-refractivity contribution >= 4 is 7.82 Å². The number of phosphoric ester groups is 1. The normalized spacial score (nSPS) is 29.7. The third kappa shape index (κ3) is 3.64. The van der Waals surface area contributed by atoms with Crippen molar-refractivity contribution in [3.8, 4) is 0 Å². The Hall–Kier alpha value is -1.36. The quantitative estimate of drug-likeness (QED) is 0.475. The maximum Gasteiger partial charge on any atom is 0.469 e. The Kier molecular flexibility index (Phi) is 4.42. The minimum atomic E-state index is -4.80. The van der Waals surface area contributed by atoms with Crippen LogP contribution in [0, 0.1) is 0 Å². The smallest absolute Gasteiger partial charge is 0.387 e. The molecule has 1 aromatic heterocycles. The molecule has 0 bridgehead atoms. The molecule has 0 aromatic carbocycles. The molecule has 21 heavy (non-hydrogen) atoms. The lowest BCUT2D eigenvalue weighted by Gasteiger charge is -2.15. The second-order valence-corrected chi connectivity index (χ2v) is 5.54. The standard InChI is InChI=1S/C9H12FN2O8P/c10-6-7(14)4(3-19-21(16,17)18)20-8(6)12-2-1-5(13)11-9(12)15/h1-2,4,6-8,14H,3H2,(H,11,13,15)(H2,16,17,18)/t4-,6-,7-,8-/m1/s1. The van der Waals surface area contributed by atoms with E-state index in [4.69, 9.17) is 14.5 Å². The predicted octanol–water partition coefficient (Wildman–Crippen LogP) is -1.76. The number of phosphoric acid groups is 1. The minimum Gasteiger partial charge on any atom is -0.387 e. The number of halogens is 1. The molecule has 0 amide bonds. The summed E-state index contributed by atoms with van der Waals surface area (Å²) < 4.78 is 34.4. The zero-order valence-electron chi connectivity index (χ0n) is 10.3. The molecule has 1 aromatic rings. The van der Waals surface area contributed by atoms with Gasteiger partial charge in [-0.05, 0) is 0 Å². The van der Waals surface area contributed by atoms with Crippen molar-refractivity contribution in [2.24, 2.45) is 0 Å². The molecule has 0 saturated carbocycles. The molecular weight excluding hydrogens is 314 g/mol. The summed E-state index contributed by atoms with van der Waals surface area (Å²) in [5.41, 5.74) is -1.63. The summed E-state index contributed by atoms with van der Waals surface area (Å²) in [5.74, 6) is 0. The van der Waals surface area contributed by atoms with E-state index in [-0.39, 0.29) is 0 Å². The average molecular weight is 326 g/mol. The van der Waals surface area contributed by atoms with E-state index in [1.165, 1.54) is 0 Å². The van der Waals surface area contributed by atoms with E-state index in [9.17, 15) is 23.7 Å². The van der Waals surface area contributed by atoms with Crippen LogP contribution in [0.4, 0.5) is 4.39 Å². The van der Waals surface area contributed by atoms with Gasteiger partial charge in [0.1, 0.15) is 12.2 Å². The molecule has 0 radical (unpaired) electrons. The molecule has 1 saturated heterocycles. The van der Waals surface area contributed by atoms with Gasteiger partial charge in [0.15, 0.2) is 12.4 Å². The van der Waals surface area contributed by atoms with Gasteiger partial charge in [-0.15, -0.1) is 0 Å². The SMILES string of the molecule is O=c1ccn([C@@H]2O[C@H](COP(=O)(O)O)[C@@H](O)[C@H]2F)c(=O)[nH]1. The van der Waals surface area contributed by atoms with Gasteiger partial charge in [-0.3, -0.25) is 18.9 Å². The van der Waals surface area contributed by atoms with Crippen LogP contribution in [-0.4, -0.2) is 49.4 Å². The number of rotatable bonds is 4. The minimum absolute atomic E-state index is 0.688. The first-order chi connectivity index (χ1) is 9.69. The van der Waals surface area contributed by atoms with Crippen LogP contribution >= 0.6 is 7.82 Å². The van der Waals surface area contributed by atoms with E-state index < -0.39 is 50.3 Å². The number of aromatic amines is 1. The van der Waals surface area contributed by atoms with Gasteiger partial charge in [-0.1, -0.05) is 0 Å². The highest BCUT2D eigenvalue weighted by Crippen LogP contribution is 2.38. The number of ether oxygens (including phenoxy) is 1. The third-order valence-corrected chi connectivity index (χ3v) is 3.31. The van der Waals surface area contributed by atoms with Gasteiger partial charge >= 0.3 is 13.5 Å². The summed E-state index contributed by atoms with van der Waals surface area (Å²) in [7, 11) is -4.80. The Balaban J connectivity index is 2.18. The molecule has 118 valence electrons. The maximum atomic E-state index is 13.9. The lowest BCUT2D eigenvalue weighted by atomic mass is 10.1. The molecule has 1 aliphatic heterocycles. The number of alkyl halides is 1. The van der Waals surface area contributed by atoms with Crippen molar-refractivity contribution in [1.82, 2.24) is 9.55 Å². The van der Waals surface area contributed by atoms with Crippen molar-refractivity contribution in [3.63, 3.8) is 0 Å². The zero-order chi connectivity index (χ0) is 15.8. The van der Waals surface area contributed by atoms with Crippen molar-refractivity contribution in [2.75, 3.05) is 6.61 Å². The van der Waals surface area contributed by atoms with Gasteiger partial charge in [0.2, 0.25) is 0 Å². The number of H-pyrrole nitrogens is 1. The van der Waals surface area contributed by atoms with Gasteiger partial charge in [-0.25, -0.2) is 13.8 Å². The van der Waals surface area contributed by atoms with E-state index in [1.54, 1.807) is 0 Å². The van der Waals surface area contributed by atoms with Crippen LogP contribution in [0.15, 0.2) is 21.9 Å². The molecule has 1 fully saturated rings. The third-order valence-electron chi connectivity index (χ3n) is 2.83. The summed E-state index contributed by atoms with van der Waals surface area (Å²) >= 11 is 0. The molecule has 0 unspecified atom stereocenters. The van der Waals surface area contributed by atoms with Crippen LogP contribution in [0.5, 0.6) is 0 Å². The summed E-state index contributed by atoms with van der Waals surface area (Å²) in [4.78, 5) is 41.4. The van der Waals surface area contributed by atoms with Crippen LogP contribution in [0.3, 0.4) is 0 Å². The molecule has 0 aliphatic carbocycles. The van der Waals surface area contributed by atoms with Crippen molar-refractivity contribution in [2.45, 2.75) is 24.6 Å². The fraction of sp³-hybridized carbons (Fsp3) is 0.556. The fourth-order valence-corrected chi connectivity index (χ4v) is 2.20. The fourth-order valence-electron chi connectivity index (χ4n) is 1.86. The molecule has 10 nitrogen and oxygen atoms in total. The van der Waals surface area contributed by atoms with Crippen LogP contribution in [0.2, 0.25) is 0 Å². The number of aromatic nitrogens is 2. The van der Waals surface area contributed by atoms with Crippen LogP contribution in [0.25, 0.3) is 0 Å². The zero-order valence-corrected chi connectivity index (χ0v) is 11.2. The summed E-state index contributed by atoms with van der Waals surface area (Å²) in [6.45, 7) is -0.763. The maximum absolute atomic E-state index is 13.9. The highest BCUT2D eigenvalue weighted by molar-refractivity contribution is 7.46. The summed E-state index contributed by atoms with van der Waals surface area (Å²) in [6, 6.07) is 0.962. The van der Waals surface area contributed by atoms with Gasteiger partial charge < -0.3 is 19.6 Å². The first-order valence-corrected chi connectivity index (χ1v) is 7.21. The summed E-state index contributed by atoms with van der Waals surface area (Å²) in [6.07, 6.45) is -5.73. The van der Waals surface area contributed by atoms with Crippen LogP contribution < -0.4 is 11.2 Å². The van der Waals surface area contributed by atoms with Gasteiger partial charge in [-0.2, -0.15) is 0 Å². The molecule has 0 spiro atoms. The Morgan fingerprint density at radius 1 is 1.48 bits per heavy atom. The largest absolute Gasteiger partial charge is 0.469 e. The topological polar surface area (TPSA) is 151 Å². The van der Waals surface area contributed by atoms with Gasteiger partial charge in [0.05, 0.1) is 6.61 Å². The van der Waals surface area contributed by atoms with E-state index >= 15 is 0 Å². The number of aliphatic hydroxyl groups is 1. The van der Waals surface area contributed by atoms with Crippen molar-refractivity contribution in [1.29, 1.82) is 0 Å². The molecule has 4 atom stereocenters. The molecule has 12 heteroatoms. The van der Waals surface area contributed by atoms with Crippen molar-refractivity contribution < 1.29 is 33.1 Å². The summed E-state index contributed by atoms with van der Waals surface area (Å²) in [5, 5.41) is 9.61. The van der Waals surface area contributed by atoms with Gasteiger partial charge in [0, 0.05) is 12.3 Å². The Labute approximate surface area is 116 Å². The van der Waals surface area contributed by atoms with E-state index in [2.05, 4.69) is 4.52 Å². The number of hydrogen-bond donors (Lipinski definition) is 4. The number of nitrogens with one attached hydrogen (secondary N) is 1. The highest BCUT2D eigenvalue weighted by atomic mass is 31.2. The monoisotopic (exact) mass is 326 g/mol. The Bertz CT molecular complexity index is 668. The average Bonchev–Trinajstić information content (AvgIpc) is 2.64. The highest BCUT2D eigenvalue weighted by Gasteiger charge is 2.46. The second-order valence-electron chi connectivity index (χ2n) is 4.30. The number of nitrogens with zero attached hydrogens (tertiary/aromatic N) is 1. The first kappa shape index (κ1) is 16.0. The second kappa shape index (κ2) is 5.79. The van der Waals surface area contributed by atoms with E-state index in [1.807, 2.05) is 4.98 Å². The van der Waals surface area contributed by atoms with Crippen LogP contribution in [-0.2, 0) is 13.8 Å². The van der Waals surface area contributed by atoms with E-state index in [0.717, 1.165) is 12.3 Å². The Morgan fingerprint density at radius 3 is 2.71 bits per heavy atom. The predicted molar refractivity (Wildman–Crippen MR) is 64.1 cm³/mol. The molecule has 2 rings (SSSR count). The molecule has 4 N–H and O–H groups in total. The van der Waals surface area contributed by atoms with Gasteiger partial charge in [0.25, 0.3) is 5.56 Å². The molecule has 1 aliphatic rings.